The zero-order valence-electron chi connectivity index (χ0n) is 8.08. The van der Waals surface area contributed by atoms with Crippen molar-refractivity contribution in [2.45, 2.75) is 25.3 Å². The minimum atomic E-state index is -2.58. The highest BCUT2D eigenvalue weighted by molar-refractivity contribution is 5.95. The molecule has 1 saturated carbocycles. The summed E-state index contributed by atoms with van der Waals surface area (Å²) in [6.45, 7) is -0.789. The third-order valence-corrected chi connectivity index (χ3v) is 2.74. The van der Waals surface area contributed by atoms with E-state index in [9.17, 15) is 18.4 Å². The fraction of sp³-hybridized carbons (Fsp3) is 0.778. The van der Waals surface area contributed by atoms with Crippen LogP contribution >= 0.6 is 0 Å². The first-order valence-corrected chi connectivity index (χ1v) is 4.95. The number of rotatable bonds is 3. The molecule has 0 aromatic carbocycles. The third-order valence-electron chi connectivity index (χ3n) is 2.74. The van der Waals surface area contributed by atoms with Crippen LogP contribution in [0.5, 0.6) is 0 Å². The molecule has 0 spiro atoms. The summed E-state index contributed by atoms with van der Waals surface area (Å²) in [4.78, 5) is 23.9. The second kappa shape index (κ2) is 3.75. The Morgan fingerprint density at radius 3 is 2.60 bits per heavy atom. The molecule has 2 aliphatic rings. The molecule has 1 unspecified atom stereocenters. The smallest absolute Gasteiger partial charge is 0.255 e. The second-order valence-corrected chi connectivity index (χ2v) is 3.94. The van der Waals surface area contributed by atoms with E-state index in [0.29, 0.717) is 0 Å². The van der Waals surface area contributed by atoms with Crippen molar-refractivity contribution in [2.24, 2.45) is 5.92 Å². The Labute approximate surface area is 85.6 Å². The zero-order valence-corrected chi connectivity index (χ0v) is 8.08. The molecule has 1 N–H and O–H groups in total. The topological polar surface area (TPSA) is 49.4 Å². The van der Waals surface area contributed by atoms with Gasteiger partial charge in [-0.05, 0) is 18.8 Å². The summed E-state index contributed by atoms with van der Waals surface area (Å²) in [6, 6.07) is -0.666. The van der Waals surface area contributed by atoms with E-state index in [1.54, 1.807) is 0 Å². The predicted molar refractivity (Wildman–Crippen MR) is 47.2 cm³/mol. The standard InChI is InChI=1S/C9H12F2N2O2/c10-6(11)4-13-7(14)3-12-9(15)8(13)5-1-2-5/h5-6,8H,1-4H2,(H,12,15). The highest BCUT2D eigenvalue weighted by Crippen LogP contribution is 2.36. The molecule has 1 aliphatic carbocycles. The van der Waals surface area contributed by atoms with Crippen molar-refractivity contribution < 1.29 is 18.4 Å². The Hall–Kier alpha value is -1.20. The average Bonchev–Trinajstić information content (AvgIpc) is 2.94. The quantitative estimate of drug-likeness (QED) is 0.724. The maximum atomic E-state index is 12.3. The van der Waals surface area contributed by atoms with Gasteiger partial charge in [-0.3, -0.25) is 9.59 Å². The third kappa shape index (κ3) is 2.08. The highest BCUT2D eigenvalue weighted by atomic mass is 19.3. The SMILES string of the molecule is O=C1NCC(=O)N(CC(F)F)C1C1CC1. The summed E-state index contributed by atoms with van der Waals surface area (Å²) in [5.74, 6) is -0.627. The van der Waals surface area contributed by atoms with Crippen molar-refractivity contribution in [2.75, 3.05) is 13.1 Å². The van der Waals surface area contributed by atoms with E-state index in [0.717, 1.165) is 17.7 Å². The summed E-state index contributed by atoms with van der Waals surface area (Å²) >= 11 is 0. The number of nitrogens with zero attached hydrogens (tertiary/aromatic N) is 1. The van der Waals surface area contributed by atoms with Crippen LogP contribution in [-0.4, -0.2) is 42.3 Å². The Balaban J connectivity index is 2.12. The zero-order chi connectivity index (χ0) is 11.0. The first-order valence-electron chi connectivity index (χ1n) is 4.95. The van der Waals surface area contributed by atoms with Crippen LogP contribution in [0, 0.1) is 5.92 Å². The van der Waals surface area contributed by atoms with Gasteiger partial charge in [0.15, 0.2) is 0 Å². The number of carbonyl (C=O) groups is 2. The summed E-state index contributed by atoms with van der Waals surface area (Å²) in [6.07, 6.45) is -0.906. The van der Waals surface area contributed by atoms with Crippen molar-refractivity contribution in [3.05, 3.63) is 0 Å². The number of carbonyl (C=O) groups excluding carboxylic acids is 2. The van der Waals surface area contributed by atoms with Gasteiger partial charge >= 0.3 is 0 Å². The van der Waals surface area contributed by atoms with Crippen molar-refractivity contribution >= 4 is 11.8 Å². The lowest BCUT2D eigenvalue weighted by Gasteiger charge is -2.34. The lowest BCUT2D eigenvalue weighted by Crippen LogP contribution is -2.60. The Bertz CT molecular complexity index is 292. The first-order chi connectivity index (χ1) is 7.09. The van der Waals surface area contributed by atoms with Crippen molar-refractivity contribution in [3.8, 4) is 0 Å². The van der Waals surface area contributed by atoms with Gasteiger partial charge in [-0.15, -0.1) is 0 Å². The Morgan fingerprint density at radius 1 is 1.40 bits per heavy atom. The maximum absolute atomic E-state index is 12.3. The number of amides is 2. The molecule has 2 amide bonds. The normalized spacial score (nSPS) is 27.1. The lowest BCUT2D eigenvalue weighted by atomic mass is 10.1. The number of hydrogen-bond donors (Lipinski definition) is 1. The molecule has 6 heteroatoms. The molecule has 0 bridgehead atoms. The molecule has 0 aromatic rings. The van der Waals surface area contributed by atoms with Crippen molar-refractivity contribution in [1.29, 1.82) is 0 Å². The van der Waals surface area contributed by atoms with Gasteiger partial charge < -0.3 is 10.2 Å². The van der Waals surface area contributed by atoms with Gasteiger partial charge in [0.05, 0.1) is 13.1 Å². The van der Waals surface area contributed by atoms with Crippen LogP contribution in [0.3, 0.4) is 0 Å². The monoisotopic (exact) mass is 218 g/mol. The summed E-state index contributed by atoms with van der Waals surface area (Å²) in [7, 11) is 0. The van der Waals surface area contributed by atoms with Gasteiger partial charge in [0.25, 0.3) is 6.43 Å². The van der Waals surface area contributed by atoms with Crippen LogP contribution in [0.15, 0.2) is 0 Å². The van der Waals surface area contributed by atoms with E-state index in [1.165, 1.54) is 0 Å². The van der Waals surface area contributed by atoms with E-state index >= 15 is 0 Å². The maximum Gasteiger partial charge on any atom is 0.255 e. The molecule has 2 fully saturated rings. The minimum absolute atomic E-state index is 0.0769. The number of alkyl halides is 2. The molecular weight excluding hydrogens is 206 g/mol. The number of hydrogen-bond acceptors (Lipinski definition) is 2. The molecule has 0 aromatic heterocycles. The number of halogens is 2. The van der Waals surface area contributed by atoms with Gasteiger partial charge in [0.2, 0.25) is 11.8 Å². The molecular formula is C9H12F2N2O2. The van der Waals surface area contributed by atoms with Crippen LogP contribution in [0.1, 0.15) is 12.8 Å². The van der Waals surface area contributed by atoms with E-state index in [4.69, 9.17) is 0 Å². The van der Waals surface area contributed by atoms with E-state index < -0.39 is 24.9 Å². The van der Waals surface area contributed by atoms with Crippen LogP contribution in [-0.2, 0) is 9.59 Å². The van der Waals surface area contributed by atoms with E-state index in [-0.39, 0.29) is 18.4 Å². The molecule has 1 saturated heterocycles. The van der Waals surface area contributed by atoms with Crippen LogP contribution in [0.25, 0.3) is 0 Å². The summed E-state index contributed by atoms with van der Waals surface area (Å²) in [5, 5.41) is 2.43. The number of piperazine rings is 1. The second-order valence-electron chi connectivity index (χ2n) is 3.94. The molecule has 15 heavy (non-hydrogen) atoms. The summed E-state index contributed by atoms with van der Waals surface area (Å²) in [5.41, 5.74) is 0. The van der Waals surface area contributed by atoms with E-state index in [2.05, 4.69) is 5.32 Å². The fourth-order valence-electron chi connectivity index (χ4n) is 1.91. The molecule has 0 radical (unpaired) electrons. The van der Waals surface area contributed by atoms with E-state index in [1.807, 2.05) is 0 Å². The number of nitrogens with one attached hydrogen (secondary N) is 1. The summed E-state index contributed by atoms with van der Waals surface area (Å²) < 4.78 is 24.5. The van der Waals surface area contributed by atoms with Gasteiger partial charge in [-0.25, -0.2) is 8.78 Å². The van der Waals surface area contributed by atoms with Crippen LogP contribution in [0.4, 0.5) is 8.78 Å². The van der Waals surface area contributed by atoms with Gasteiger partial charge in [0, 0.05) is 0 Å². The van der Waals surface area contributed by atoms with Crippen molar-refractivity contribution in [1.82, 2.24) is 10.2 Å². The largest absolute Gasteiger partial charge is 0.345 e. The van der Waals surface area contributed by atoms with Gasteiger partial charge in [-0.1, -0.05) is 0 Å². The molecule has 84 valence electrons. The molecule has 2 rings (SSSR count). The Morgan fingerprint density at radius 2 is 2.07 bits per heavy atom. The van der Waals surface area contributed by atoms with Crippen LogP contribution in [0.2, 0.25) is 0 Å². The molecule has 1 heterocycles. The molecule has 1 aliphatic heterocycles. The average molecular weight is 218 g/mol. The Kier molecular flexibility index (Phi) is 2.58. The first kappa shape index (κ1) is 10.3. The van der Waals surface area contributed by atoms with Gasteiger partial charge in [-0.2, -0.15) is 0 Å². The van der Waals surface area contributed by atoms with Gasteiger partial charge in [0.1, 0.15) is 6.04 Å². The van der Waals surface area contributed by atoms with Crippen LogP contribution < -0.4 is 5.32 Å². The predicted octanol–water partition coefficient (Wildman–Crippen LogP) is -0.0115. The molecule has 4 nitrogen and oxygen atoms in total. The fourth-order valence-corrected chi connectivity index (χ4v) is 1.91. The molecule has 1 atom stereocenters. The lowest BCUT2D eigenvalue weighted by molar-refractivity contribution is -0.148. The minimum Gasteiger partial charge on any atom is -0.345 e. The van der Waals surface area contributed by atoms with Crippen molar-refractivity contribution in [3.63, 3.8) is 0 Å². The highest BCUT2D eigenvalue weighted by Gasteiger charge is 2.45.